The molecule has 2 rings (SSSR count). The molecular weight excluding hydrogens is 206 g/mol. The van der Waals surface area contributed by atoms with Crippen LogP contribution in [0.3, 0.4) is 0 Å². The molecule has 0 fully saturated rings. The second-order valence-electron chi connectivity index (χ2n) is 3.46. The molecule has 0 amide bonds. The Morgan fingerprint density at radius 1 is 1.50 bits per heavy atom. The average Bonchev–Trinajstić information content (AvgIpc) is 2.65. The molecule has 2 aromatic rings. The summed E-state index contributed by atoms with van der Waals surface area (Å²) >= 11 is 0. The molecule has 5 heteroatoms. The van der Waals surface area contributed by atoms with Crippen LogP contribution in [0.25, 0.3) is 5.69 Å². The lowest BCUT2D eigenvalue weighted by molar-refractivity contribution is 0.230. The smallest absolute Gasteiger partial charge is 0.160 e. The monoisotopic (exact) mass is 219 g/mol. The lowest BCUT2D eigenvalue weighted by atomic mass is 10.3. The Bertz CT molecular complexity index is 480. The number of phenolic OH excluding ortho intramolecular Hbond substituents is 1. The van der Waals surface area contributed by atoms with Gasteiger partial charge in [0.1, 0.15) is 12.0 Å². The summed E-state index contributed by atoms with van der Waals surface area (Å²) in [5.74, 6) is 0.793. The van der Waals surface area contributed by atoms with Crippen molar-refractivity contribution in [2.75, 3.05) is 0 Å². The van der Waals surface area contributed by atoms with Crippen LogP contribution in [0.15, 0.2) is 36.7 Å². The number of aromatic hydroxyl groups is 1. The summed E-state index contributed by atoms with van der Waals surface area (Å²) in [4.78, 5) is 0. The van der Waals surface area contributed by atoms with E-state index >= 15 is 0 Å². The van der Waals surface area contributed by atoms with E-state index in [9.17, 15) is 5.11 Å². The molecule has 1 aromatic carbocycles. The molecular formula is C11H13N3O2. The molecule has 0 aliphatic carbocycles. The minimum Gasteiger partial charge on any atom is -0.508 e. The normalized spacial score (nSPS) is 12.4. The first-order chi connectivity index (χ1) is 7.65. The maximum Gasteiger partial charge on any atom is 0.160 e. The number of benzene rings is 1. The Labute approximate surface area is 93.1 Å². The Balaban J connectivity index is 2.24. The van der Waals surface area contributed by atoms with Crippen molar-refractivity contribution in [2.24, 2.45) is 5.73 Å². The van der Waals surface area contributed by atoms with E-state index in [0.29, 0.717) is 5.75 Å². The molecule has 1 atom stereocenters. The maximum atomic E-state index is 9.33. The van der Waals surface area contributed by atoms with Crippen molar-refractivity contribution in [3.05, 3.63) is 36.7 Å². The van der Waals surface area contributed by atoms with Crippen molar-refractivity contribution in [3.8, 4) is 17.2 Å². The molecule has 1 aromatic heterocycles. The highest BCUT2D eigenvalue weighted by Crippen LogP contribution is 2.17. The summed E-state index contributed by atoms with van der Waals surface area (Å²) in [5.41, 5.74) is 6.26. The third-order valence-corrected chi connectivity index (χ3v) is 1.98. The number of aromatic nitrogens is 2. The molecule has 1 heterocycles. The topological polar surface area (TPSA) is 73.3 Å². The highest BCUT2D eigenvalue weighted by atomic mass is 16.5. The van der Waals surface area contributed by atoms with Gasteiger partial charge in [0.15, 0.2) is 5.75 Å². The summed E-state index contributed by atoms with van der Waals surface area (Å²) in [6.07, 6.45) is 2.91. The predicted molar refractivity (Wildman–Crippen MR) is 59.5 cm³/mol. The van der Waals surface area contributed by atoms with Gasteiger partial charge in [0.25, 0.3) is 0 Å². The van der Waals surface area contributed by atoms with Gasteiger partial charge in [-0.3, -0.25) is 5.73 Å². The molecule has 3 N–H and O–H groups in total. The second-order valence-corrected chi connectivity index (χ2v) is 3.46. The maximum absolute atomic E-state index is 9.33. The van der Waals surface area contributed by atoms with Crippen LogP contribution in [0.5, 0.6) is 11.5 Å². The lowest BCUT2D eigenvalue weighted by Crippen LogP contribution is -2.22. The lowest BCUT2D eigenvalue weighted by Gasteiger charge is -2.05. The summed E-state index contributed by atoms with van der Waals surface area (Å²) < 4.78 is 6.89. The Kier molecular flexibility index (Phi) is 2.78. The van der Waals surface area contributed by atoms with E-state index in [1.54, 1.807) is 42.2 Å². The van der Waals surface area contributed by atoms with Gasteiger partial charge in [-0.2, -0.15) is 5.10 Å². The average molecular weight is 219 g/mol. The van der Waals surface area contributed by atoms with Crippen LogP contribution in [0.4, 0.5) is 0 Å². The second kappa shape index (κ2) is 4.24. The summed E-state index contributed by atoms with van der Waals surface area (Å²) in [6, 6.07) is 6.80. The van der Waals surface area contributed by atoms with Crippen LogP contribution >= 0.6 is 0 Å². The van der Waals surface area contributed by atoms with Gasteiger partial charge < -0.3 is 9.84 Å². The van der Waals surface area contributed by atoms with Crippen LogP contribution in [0.1, 0.15) is 6.92 Å². The van der Waals surface area contributed by atoms with Crippen LogP contribution in [-0.4, -0.2) is 21.1 Å². The number of phenols is 1. The van der Waals surface area contributed by atoms with Crippen LogP contribution in [0, 0.1) is 0 Å². The standard InChI is InChI=1S/C11H13N3O2/c1-8(12)16-11-6-13-14(7-11)9-3-2-4-10(15)5-9/h2-8,15H,12H2,1H3. The van der Waals surface area contributed by atoms with Crippen molar-refractivity contribution >= 4 is 0 Å². The third-order valence-electron chi connectivity index (χ3n) is 1.98. The fourth-order valence-electron chi connectivity index (χ4n) is 1.36. The Hall–Kier alpha value is -2.01. The van der Waals surface area contributed by atoms with Gasteiger partial charge in [-0.15, -0.1) is 0 Å². The minimum atomic E-state index is -0.373. The molecule has 1 unspecified atom stereocenters. The van der Waals surface area contributed by atoms with Gasteiger partial charge in [0, 0.05) is 6.07 Å². The summed E-state index contributed by atoms with van der Waals surface area (Å²) in [5, 5.41) is 13.4. The van der Waals surface area contributed by atoms with E-state index in [-0.39, 0.29) is 12.0 Å². The van der Waals surface area contributed by atoms with E-state index < -0.39 is 0 Å². The Morgan fingerprint density at radius 3 is 3.00 bits per heavy atom. The summed E-state index contributed by atoms with van der Waals surface area (Å²) in [6.45, 7) is 1.74. The van der Waals surface area contributed by atoms with Crippen LogP contribution < -0.4 is 10.5 Å². The van der Waals surface area contributed by atoms with E-state index in [1.807, 2.05) is 6.07 Å². The number of rotatable bonds is 3. The molecule has 0 bridgehead atoms. The van der Waals surface area contributed by atoms with Gasteiger partial charge in [-0.25, -0.2) is 4.68 Å². The van der Waals surface area contributed by atoms with Crippen LogP contribution in [0.2, 0.25) is 0 Å². The number of hydrogen-bond donors (Lipinski definition) is 2. The quantitative estimate of drug-likeness (QED) is 0.762. The fraction of sp³-hybridized carbons (Fsp3) is 0.182. The molecule has 0 aliphatic heterocycles. The molecule has 84 valence electrons. The molecule has 0 spiro atoms. The van der Waals surface area contributed by atoms with Gasteiger partial charge >= 0.3 is 0 Å². The largest absolute Gasteiger partial charge is 0.508 e. The molecule has 0 saturated heterocycles. The fourth-order valence-corrected chi connectivity index (χ4v) is 1.36. The number of nitrogens with two attached hydrogens (primary N) is 1. The highest BCUT2D eigenvalue weighted by molar-refractivity contribution is 5.38. The van der Waals surface area contributed by atoms with E-state index in [2.05, 4.69) is 5.10 Å². The number of hydrogen-bond acceptors (Lipinski definition) is 4. The van der Waals surface area contributed by atoms with Crippen molar-refractivity contribution in [2.45, 2.75) is 13.2 Å². The van der Waals surface area contributed by atoms with Gasteiger partial charge in [0.05, 0.1) is 18.1 Å². The SMILES string of the molecule is CC(N)Oc1cnn(-c2cccc(O)c2)c1. The van der Waals surface area contributed by atoms with Gasteiger partial charge in [-0.05, 0) is 19.1 Å². The number of nitrogens with zero attached hydrogens (tertiary/aromatic N) is 2. The van der Waals surface area contributed by atoms with E-state index in [4.69, 9.17) is 10.5 Å². The molecule has 0 saturated carbocycles. The van der Waals surface area contributed by atoms with Crippen LogP contribution in [-0.2, 0) is 0 Å². The molecule has 0 aliphatic rings. The van der Waals surface area contributed by atoms with Crippen molar-refractivity contribution in [1.29, 1.82) is 0 Å². The molecule has 16 heavy (non-hydrogen) atoms. The first-order valence-electron chi connectivity index (χ1n) is 4.91. The number of ether oxygens (including phenoxy) is 1. The zero-order chi connectivity index (χ0) is 11.5. The zero-order valence-electron chi connectivity index (χ0n) is 8.87. The first kappa shape index (κ1) is 10.5. The van der Waals surface area contributed by atoms with Crippen molar-refractivity contribution < 1.29 is 9.84 Å². The van der Waals surface area contributed by atoms with E-state index in [1.165, 1.54) is 0 Å². The predicted octanol–water partition coefficient (Wildman–Crippen LogP) is 1.26. The first-order valence-corrected chi connectivity index (χ1v) is 4.91. The summed E-state index contributed by atoms with van der Waals surface area (Å²) in [7, 11) is 0. The van der Waals surface area contributed by atoms with E-state index in [0.717, 1.165) is 5.69 Å². The minimum absolute atomic E-state index is 0.197. The zero-order valence-corrected chi connectivity index (χ0v) is 8.87. The highest BCUT2D eigenvalue weighted by Gasteiger charge is 2.03. The Morgan fingerprint density at radius 2 is 2.31 bits per heavy atom. The van der Waals surface area contributed by atoms with Crippen molar-refractivity contribution in [3.63, 3.8) is 0 Å². The molecule has 5 nitrogen and oxygen atoms in total. The van der Waals surface area contributed by atoms with Gasteiger partial charge in [0.2, 0.25) is 0 Å². The molecule has 0 radical (unpaired) electrons. The van der Waals surface area contributed by atoms with Gasteiger partial charge in [-0.1, -0.05) is 6.07 Å². The van der Waals surface area contributed by atoms with Crippen molar-refractivity contribution in [1.82, 2.24) is 9.78 Å². The third kappa shape index (κ3) is 2.32.